The quantitative estimate of drug-likeness (QED) is 0.426. The summed E-state index contributed by atoms with van der Waals surface area (Å²) in [5, 5.41) is 8.19. The molecule has 1 saturated heterocycles. The zero-order chi connectivity index (χ0) is 25.4. The summed E-state index contributed by atoms with van der Waals surface area (Å²) in [7, 11) is 1.53. The van der Waals surface area contributed by atoms with Crippen molar-refractivity contribution in [2.75, 3.05) is 13.7 Å². The van der Waals surface area contributed by atoms with Gasteiger partial charge in [-0.3, -0.25) is 19.2 Å². The summed E-state index contributed by atoms with van der Waals surface area (Å²) < 4.78 is 5.11. The van der Waals surface area contributed by atoms with Gasteiger partial charge in [0.1, 0.15) is 24.1 Å². The number of carbonyl (C=O) groups excluding carboxylic acids is 5. The molecule has 1 aromatic rings. The van der Waals surface area contributed by atoms with Crippen molar-refractivity contribution in [3.63, 3.8) is 0 Å². The van der Waals surface area contributed by atoms with Gasteiger partial charge >= 0.3 is 0 Å². The molecule has 0 saturated carbocycles. The maximum Gasteiger partial charge on any atom is 0.251 e. The average molecular weight is 475 g/mol. The SMILES string of the molecule is CC[C@@H](C=O)NC(=O)[C@@H]1C[C@@H](NC(C)=O)CN1C(=O)[C@@H](NC(=O)c1ccc(OC)cc1)C(C)C. The van der Waals surface area contributed by atoms with Gasteiger partial charge in [0.05, 0.1) is 13.2 Å². The van der Waals surface area contributed by atoms with Crippen LogP contribution in [0.5, 0.6) is 5.75 Å². The fourth-order valence-electron chi connectivity index (χ4n) is 3.89. The van der Waals surface area contributed by atoms with Crippen LogP contribution in [0.2, 0.25) is 0 Å². The number of rotatable bonds is 10. The number of methoxy groups -OCH3 is 1. The van der Waals surface area contributed by atoms with Gasteiger partial charge in [0, 0.05) is 25.1 Å². The smallest absolute Gasteiger partial charge is 0.251 e. The highest BCUT2D eigenvalue weighted by Crippen LogP contribution is 2.22. The largest absolute Gasteiger partial charge is 0.497 e. The number of likely N-dealkylation sites (tertiary alicyclic amines) is 1. The lowest BCUT2D eigenvalue weighted by Crippen LogP contribution is -2.56. The predicted octanol–water partition coefficient (Wildman–Crippen LogP) is 0.649. The first kappa shape index (κ1) is 26.8. The van der Waals surface area contributed by atoms with Crippen LogP contribution in [0.15, 0.2) is 24.3 Å². The molecule has 0 radical (unpaired) electrons. The first-order valence-corrected chi connectivity index (χ1v) is 11.4. The van der Waals surface area contributed by atoms with E-state index in [2.05, 4.69) is 16.0 Å². The van der Waals surface area contributed by atoms with Gasteiger partial charge in [-0.05, 0) is 43.0 Å². The molecule has 0 spiro atoms. The molecule has 0 unspecified atom stereocenters. The third-order valence-electron chi connectivity index (χ3n) is 5.80. The molecule has 186 valence electrons. The molecular formula is C24H34N4O6. The van der Waals surface area contributed by atoms with Crippen molar-refractivity contribution in [2.45, 2.75) is 64.7 Å². The van der Waals surface area contributed by atoms with Gasteiger partial charge in [0.2, 0.25) is 17.7 Å². The highest BCUT2D eigenvalue weighted by molar-refractivity contribution is 5.99. The second kappa shape index (κ2) is 12.2. The second-order valence-corrected chi connectivity index (χ2v) is 8.72. The molecule has 0 bridgehead atoms. The lowest BCUT2D eigenvalue weighted by atomic mass is 10.0. The van der Waals surface area contributed by atoms with E-state index in [-0.39, 0.29) is 24.8 Å². The normalized spacial score (nSPS) is 19.2. The Morgan fingerprint density at radius 2 is 1.79 bits per heavy atom. The summed E-state index contributed by atoms with van der Waals surface area (Å²) in [6.07, 6.45) is 1.28. The second-order valence-electron chi connectivity index (χ2n) is 8.72. The molecule has 1 aliphatic heterocycles. The first-order valence-electron chi connectivity index (χ1n) is 11.4. The molecular weight excluding hydrogens is 440 g/mol. The minimum Gasteiger partial charge on any atom is -0.497 e. The molecule has 2 rings (SSSR count). The fourth-order valence-corrected chi connectivity index (χ4v) is 3.89. The van der Waals surface area contributed by atoms with Crippen molar-refractivity contribution in [2.24, 2.45) is 5.92 Å². The van der Waals surface area contributed by atoms with E-state index < -0.39 is 41.9 Å². The Labute approximate surface area is 199 Å². The monoisotopic (exact) mass is 474 g/mol. The molecule has 10 heteroatoms. The van der Waals surface area contributed by atoms with Crippen LogP contribution in [0, 0.1) is 5.92 Å². The zero-order valence-electron chi connectivity index (χ0n) is 20.3. The Morgan fingerprint density at radius 1 is 1.15 bits per heavy atom. The van der Waals surface area contributed by atoms with E-state index in [1.54, 1.807) is 45.0 Å². The molecule has 4 amide bonds. The van der Waals surface area contributed by atoms with Crippen molar-refractivity contribution < 1.29 is 28.7 Å². The number of nitrogens with zero attached hydrogens (tertiary/aromatic N) is 1. The minimum absolute atomic E-state index is 0.121. The van der Waals surface area contributed by atoms with Gasteiger partial charge < -0.3 is 30.4 Å². The van der Waals surface area contributed by atoms with Crippen LogP contribution in [-0.4, -0.2) is 72.6 Å². The lowest BCUT2D eigenvalue weighted by molar-refractivity contribution is -0.141. The molecule has 1 heterocycles. The number of ether oxygens (including phenoxy) is 1. The van der Waals surface area contributed by atoms with Crippen molar-refractivity contribution in [3.05, 3.63) is 29.8 Å². The Morgan fingerprint density at radius 3 is 2.29 bits per heavy atom. The van der Waals surface area contributed by atoms with Crippen molar-refractivity contribution >= 4 is 29.9 Å². The Hall–Kier alpha value is -3.43. The van der Waals surface area contributed by atoms with Gasteiger partial charge in [0.25, 0.3) is 5.91 Å². The zero-order valence-corrected chi connectivity index (χ0v) is 20.3. The summed E-state index contributed by atoms with van der Waals surface area (Å²) in [5.74, 6) is -1.26. The topological polar surface area (TPSA) is 134 Å². The fraction of sp³-hybridized carbons (Fsp3) is 0.542. The van der Waals surface area contributed by atoms with Crippen molar-refractivity contribution in [1.29, 1.82) is 0 Å². The third-order valence-corrected chi connectivity index (χ3v) is 5.80. The van der Waals surface area contributed by atoms with Gasteiger partial charge in [-0.25, -0.2) is 0 Å². The summed E-state index contributed by atoms with van der Waals surface area (Å²) in [6, 6.07) is 3.64. The van der Waals surface area contributed by atoms with Crippen molar-refractivity contribution in [1.82, 2.24) is 20.9 Å². The molecule has 4 atom stereocenters. The maximum absolute atomic E-state index is 13.6. The van der Waals surface area contributed by atoms with Gasteiger partial charge in [-0.2, -0.15) is 0 Å². The molecule has 34 heavy (non-hydrogen) atoms. The van der Waals surface area contributed by atoms with Crippen LogP contribution in [0.1, 0.15) is 50.9 Å². The standard InChI is InChI=1S/C24H34N4O6/c1-6-17(13-29)26-23(32)20-11-18(25-15(4)30)12-28(20)24(33)21(14(2)3)27-22(31)16-7-9-19(34-5)10-8-16/h7-10,13-14,17-18,20-21H,6,11-12H2,1-5H3,(H,25,30)(H,26,32)(H,27,31)/t17-,18+,20-,21-/m0/s1. The van der Waals surface area contributed by atoms with Crippen LogP contribution in [0.4, 0.5) is 0 Å². The number of benzene rings is 1. The number of hydrogen-bond acceptors (Lipinski definition) is 6. The van der Waals surface area contributed by atoms with E-state index in [0.717, 1.165) is 0 Å². The highest BCUT2D eigenvalue weighted by Gasteiger charge is 2.43. The highest BCUT2D eigenvalue weighted by atomic mass is 16.5. The van der Waals surface area contributed by atoms with E-state index in [1.165, 1.54) is 18.9 Å². The minimum atomic E-state index is -0.894. The maximum atomic E-state index is 13.6. The number of carbonyl (C=O) groups is 5. The summed E-state index contributed by atoms with van der Waals surface area (Å²) in [4.78, 5) is 63.5. The van der Waals surface area contributed by atoms with Crippen LogP contribution < -0.4 is 20.7 Å². The van der Waals surface area contributed by atoms with E-state index >= 15 is 0 Å². The third kappa shape index (κ3) is 6.79. The number of amides is 4. The van der Waals surface area contributed by atoms with Crippen LogP contribution >= 0.6 is 0 Å². The molecule has 1 aromatic carbocycles. The molecule has 1 fully saturated rings. The van der Waals surface area contributed by atoms with E-state index in [9.17, 15) is 24.0 Å². The molecule has 0 aromatic heterocycles. The molecule has 3 N–H and O–H groups in total. The average Bonchev–Trinajstić information content (AvgIpc) is 3.23. The summed E-state index contributed by atoms with van der Waals surface area (Å²) in [6.45, 7) is 6.85. The molecule has 0 aliphatic carbocycles. The molecule has 10 nitrogen and oxygen atoms in total. The Kier molecular flexibility index (Phi) is 9.58. The predicted molar refractivity (Wildman–Crippen MR) is 125 cm³/mol. The van der Waals surface area contributed by atoms with Crippen molar-refractivity contribution in [3.8, 4) is 5.75 Å². The van der Waals surface area contributed by atoms with E-state index in [1.807, 2.05) is 0 Å². The first-order chi connectivity index (χ1) is 16.1. The Balaban J connectivity index is 2.24. The van der Waals surface area contributed by atoms with Crippen LogP contribution in [0.3, 0.4) is 0 Å². The van der Waals surface area contributed by atoms with Gasteiger partial charge in [-0.15, -0.1) is 0 Å². The summed E-state index contributed by atoms with van der Waals surface area (Å²) >= 11 is 0. The van der Waals surface area contributed by atoms with E-state index in [0.29, 0.717) is 24.0 Å². The summed E-state index contributed by atoms with van der Waals surface area (Å²) in [5.41, 5.74) is 0.364. The number of nitrogens with one attached hydrogen (secondary N) is 3. The number of hydrogen-bond donors (Lipinski definition) is 3. The van der Waals surface area contributed by atoms with Gasteiger partial charge in [-0.1, -0.05) is 20.8 Å². The lowest BCUT2D eigenvalue weighted by Gasteiger charge is -2.31. The van der Waals surface area contributed by atoms with Crippen LogP contribution in [0.25, 0.3) is 0 Å². The number of aldehydes is 1. The van der Waals surface area contributed by atoms with Crippen LogP contribution in [-0.2, 0) is 19.2 Å². The van der Waals surface area contributed by atoms with E-state index in [4.69, 9.17) is 4.74 Å². The Bertz CT molecular complexity index is 901. The van der Waals surface area contributed by atoms with Gasteiger partial charge in [0.15, 0.2) is 0 Å². The molecule has 1 aliphatic rings.